The number of morpholine rings is 1. The van der Waals surface area contributed by atoms with Crippen molar-refractivity contribution >= 4 is 33.2 Å². The Hall–Kier alpha value is -1.24. The zero-order valence-electron chi connectivity index (χ0n) is 13.2. The van der Waals surface area contributed by atoms with Crippen molar-refractivity contribution in [1.82, 2.24) is 9.88 Å². The first-order valence-electron chi connectivity index (χ1n) is 7.65. The number of ether oxygens (including phenoxy) is 1. The summed E-state index contributed by atoms with van der Waals surface area (Å²) in [5, 5.41) is 2.92. The fourth-order valence-corrected chi connectivity index (χ4v) is 4.01. The molecule has 0 N–H and O–H groups in total. The van der Waals surface area contributed by atoms with Gasteiger partial charge in [-0.2, -0.15) is 0 Å². The van der Waals surface area contributed by atoms with Crippen LogP contribution in [0.4, 0.5) is 0 Å². The first-order chi connectivity index (χ1) is 11.0. The van der Waals surface area contributed by atoms with Gasteiger partial charge >= 0.3 is 0 Å². The van der Waals surface area contributed by atoms with Gasteiger partial charge in [0.1, 0.15) is 5.01 Å². The second kappa shape index (κ2) is 7.11. The summed E-state index contributed by atoms with van der Waals surface area (Å²) in [7, 11) is 0. The lowest BCUT2D eigenvalue weighted by Gasteiger charge is -2.35. The van der Waals surface area contributed by atoms with Crippen molar-refractivity contribution in [2.75, 3.05) is 13.1 Å². The standard InChI is InChI=1S/C17H19BrN2O2S/c1-11-8-20(9-12(2)22-11)16(21)7-15-10-23-17(19-15)13-4-3-5-14(18)6-13/h3-6,10-12H,7-9H2,1-2H3. The first-order valence-corrected chi connectivity index (χ1v) is 9.32. The molecule has 1 aromatic heterocycles. The predicted molar refractivity (Wildman–Crippen MR) is 95.5 cm³/mol. The van der Waals surface area contributed by atoms with Gasteiger partial charge in [-0.15, -0.1) is 11.3 Å². The summed E-state index contributed by atoms with van der Waals surface area (Å²) in [6.45, 7) is 5.33. The lowest BCUT2D eigenvalue weighted by molar-refractivity contribution is -0.142. The smallest absolute Gasteiger partial charge is 0.228 e. The zero-order valence-corrected chi connectivity index (χ0v) is 15.6. The number of hydrogen-bond acceptors (Lipinski definition) is 4. The molecule has 122 valence electrons. The van der Waals surface area contributed by atoms with E-state index in [0.717, 1.165) is 20.7 Å². The molecule has 6 heteroatoms. The maximum atomic E-state index is 12.5. The maximum absolute atomic E-state index is 12.5. The van der Waals surface area contributed by atoms with Crippen molar-refractivity contribution in [1.29, 1.82) is 0 Å². The molecule has 2 unspecified atom stereocenters. The van der Waals surface area contributed by atoms with Crippen molar-refractivity contribution in [3.63, 3.8) is 0 Å². The SMILES string of the molecule is CC1CN(C(=O)Cc2csc(-c3cccc(Br)c3)n2)CC(C)O1. The molecule has 0 bridgehead atoms. The maximum Gasteiger partial charge on any atom is 0.228 e. The molecule has 1 aliphatic rings. The van der Waals surface area contributed by atoms with E-state index in [2.05, 4.69) is 20.9 Å². The zero-order chi connectivity index (χ0) is 16.4. The molecule has 4 nitrogen and oxygen atoms in total. The summed E-state index contributed by atoms with van der Waals surface area (Å²) in [4.78, 5) is 19.0. The Bertz CT molecular complexity index is 693. The van der Waals surface area contributed by atoms with E-state index in [-0.39, 0.29) is 18.1 Å². The third-order valence-electron chi connectivity index (χ3n) is 3.73. The van der Waals surface area contributed by atoms with Crippen LogP contribution < -0.4 is 0 Å². The Morgan fingerprint density at radius 1 is 1.39 bits per heavy atom. The minimum atomic E-state index is 0.0929. The topological polar surface area (TPSA) is 42.4 Å². The average Bonchev–Trinajstić information content (AvgIpc) is 2.95. The van der Waals surface area contributed by atoms with Gasteiger partial charge in [0, 0.05) is 28.5 Å². The quantitative estimate of drug-likeness (QED) is 0.795. The summed E-state index contributed by atoms with van der Waals surface area (Å²) in [5.74, 6) is 0.123. The number of halogens is 1. The molecule has 2 aromatic rings. The lowest BCUT2D eigenvalue weighted by atomic mass is 10.2. The number of aromatic nitrogens is 1. The van der Waals surface area contributed by atoms with E-state index in [4.69, 9.17) is 4.74 Å². The Balaban J connectivity index is 1.68. The molecular weight excluding hydrogens is 376 g/mol. The van der Waals surface area contributed by atoms with E-state index in [1.807, 2.05) is 48.4 Å². The number of hydrogen-bond donors (Lipinski definition) is 0. The van der Waals surface area contributed by atoms with Crippen molar-refractivity contribution in [2.24, 2.45) is 0 Å². The Kier molecular flexibility index (Phi) is 5.14. The monoisotopic (exact) mass is 394 g/mol. The Morgan fingerprint density at radius 2 is 2.13 bits per heavy atom. The van der Waals surface area contributed by atoms with Crippen molar-refractivity contribution in [3.8, 4) is 10.6 Å². The van der Waals surface area contributed by atoms with Gasteiger partial charge < -0.3 is 9.64 Å². The van der Waals surface area contributed by atoms with Crippen LogP contribution in [-0.2, 0) is 16.0 Å². The van der Waals surface area contributed by atoms with Crippen LogP contribution in [0.1, 0.15) is 19.5 Å². The molecule has 1 amide bonds. The molecule has 0 spiro atoms. The van der Waals surface area contributed by atoms with Gasteiger partial charge in [-0.25, -0.2) is 4.98 Å². The molecule has 0 aliphatic carbocycles. The van der Waals surface area contributed by atoms with Crippen LogP contribution in [0.3, 0.4) is 0 Å². The largest absolute Gasteiger partial charge is 0.372 e. The van der Waals surface area contributed by atoms with Gasteiger partial charge in [0.2, 0.25) is 5.91 Å². The number of amides is 1. The highest BCUT2D eigenvalue weighted by Gasteiger charge is 2.26. The molecule has 0 saturated carbocycles. The minimum absolute atomic E-state index is 0.0929. The van der Waals surface area contributed by atoms with Gasteiger partial charge in [-0.05, 0) is 26.0 Å². The molecule has 0 radical (unpaired) electrons. The van der Waals surface area contributed by atoms with E-state index in [1.54, 1.807) is 11.3 Å². The molecule has 3 rings (SSSR count). The van der Waals surface area contributed by atoms with Crippen LogP contribution >= 0.6 is 27.3 Å². The van der Waals surface area contributed by atoms with Gasteiger partial charge in [-0.1, -0.05) is 28.1 Å². The highest BCUT2D eigenvalue weighted by molar-refractivity contribution is 9.10. The number of carbonyl (C=O) groups excluding carboxylic acids is 1. The highest BCUT2D eigenvalue weighted by atomic mass is 79.9. The van der Waals surface area contributed by atoms with Gasteiger partial charge in [0.25, 0.3) is 0 Å². The Labute approximate surface area is 148 Å². The third-order valence-corrected chi connectivity index (χ3v) is 5.16. The molecule has 1 saturated heterocycles. The molecule has 23 heavy (non-hydrogen) atoms. The summed E-state index contributed by atoms with van der Waals surface area (Å²) < 4.78 is 6.70. The molecule has 1 aliphatic heterocycles. The van der Waals surface area contributed by atoms with Gasteiger partial charge in [-0.3, -0.25) is 4.79 Å². The fraction of sp³-hybridized carbons (Fsp3) is 0.412. The van der Waals surface area contributed by atoms with Crippen molar-refractivity contribution in [3.05, 3.63) is 39.8 Å². The minimum Gasteiger partial charge on any atom is -0.372 e. The van der Waals surface area contributed by atoms with Crippen LogP contribution in [0.25, 0.3) is 10.6 Å². The molecule has 2 heterocycles. The summed E-state index contributed by atoms with van der Waals surface area (Å²) in [5.41, 5.74) is 1.90. The van der Waals surface area contributed by atoms with E-state index in [0.29, 0.717) is 19.5 Å². The number of carbonyl (C=O) groups is 1. The molecule has 1 aromatic carbocycles. The van der Waals surface area contributed by atoms with E-state index in [9.17, 15) is 4.79 Å². The summed E-state index contributed by atoms with van der Waals surface area (Å²) in [6, 6.07) is 8.04. The second-order valence-corrected chi connectivity index (χ2v) is 7.66. The number of rotatable bonds is 3. The number of nitrogens with zero attached hydrogens (tertiary/aromatic N) is 2. The van der Waals surface area contributed by atoms with Crippen LogP contribution in [0.2, 0.25) is 0 Å². The van der Waals surface area contributed by atoms with E-state index < -0.39 is 0 Å². The summed E-state index contributed by atoms with van der Waals surface area (Å²) in [6.07, 6.45) is 0.537. The van der Waals surface area contributed by atoms with Crippen molar-refractivity contribution < 1.29 is 9.53 Å². The van der Waals surface area contributed by atoms with Crippen LogP contribution in [0.15, 0.2) is 34.1 Å². The van der Waals surface area contributed by atoms with E-state index >= 15 is 0 Å². The highest BCUT2D eigenvalue weighted by Crippen LogP contribution is 2.26. The third kappa shape index (κ3) is 4.19. The van der Waals surface area contributed by atoms with Crippen LogP contribution in [-0.4, -0.2) is 41.1 Å². The second-order valence-electron chi connectivity index (χ2n) is 5.89. The molecule has 1 fully saturated rings. The first kappa shape index (κ1) is 16.6. The van der Waals surface area contributed by atoms with Gasteiger partial charge in [0.15, 0.2) is 0 Å². The normalized spacial score (nSPS) is 21.4. The number of thiazole rings is 1. The fourth-order valence-electron chi connectivity index (χ4n) is 2.79. The molecule has 2 atom stereocenters. The predicted octanol–water partition coefficient (Wildman–Crippen LogP) is 3.75. The average molecular weight is 395 g/mol. The summed E-state index contributed by atoms with van der Waals surface area (Å²) >= 11 is 5.05. The molecular formula is C17H19BrN2O2S. The van der Waals surface area contributed by atoms with E-state index in [1.165, 1.54) is 0 Å². The van der Waals surface area contributed by atoms with Crippen LogP contribution in [0, 0.1) is 0 Å². The number of benzene rings is 1. The Morgan fingerprint density at radius 3 is 2.83 bits per heavy atom. The van der Waals surface area contributed by atoms with Gasteiger partial charge in [0.05, 0.1) is 24.3 Å². The van der Waals surface area contributed by atoms with Crippen molar-refractivity contribution in [2.45, 2.75) is 32.5 Å². The lowest BCUT2D eigenvalue weighted by Crippen LogP contribution is -2.48. The van der Waals surface area contributed by atoms with Crippen LogP contribution in [0.5, 0.6) is 0 Å².